The number of nitrogens with zero attached hydrogens (tertiary/aromatic N) is 2. The van der Waals surface area contributed by atoms with Gasteiger partial charge in [-0.05, 0) is 18.2 Å². The molecule has 4 nitrogen and oxygen atoms in total. The van der Waals surface area contributed by atoms with Gasteiger partial charge >= 0.3 is 5.97 Å². The van der Waals surface area contributed by atoms with Crippen LogP contribution >= 0.6 is 0 Å². The van der Waals surface area contributed by atoms with Crippen molar-refractivity contribution < 1.29 is 18.7 Å². The number of aryl methyl sites for hydroxylation is 1. The Labute approximate surface area is 95.5 Å². The Morgan fingerprint density at radius 1 is 1.47 bits per heavy atom. The summed E-state index contributed by atoms with van der Waals surface area (Å²) < 4.78 is 27.9. The molecule has 0 radical (unpaired) electrons. The van der Waals surface area contributed by atoms with Crippen LogP contribution in [0.3, 0.4) is 0 Å². The minimum Gasteiger partial charge on any atom is -0.478 e. The zero-order valence-corrected chi connectivity index (χ0v) is 9.24. The molecule has 0 saturated carbocycles. The largest absolute Gasteiger partial charge is 0.478 e. The number of benzene rings is 1. The number of rotatable bonds is 2. The molecule has 0 aliphatic carbocycles. The van der Waals surface area contributed by atoms with Crippen LogP contribution in [0.15, 0.2) is 18.2 Å². The number of hydrogen-bond acceptors (Lipinski definition) is 2. The highest BCUT2D eigenvalue weighted by Crippen LogP contribution is 2.32. The fourth-order valence-corrected chi connectivity index (χ4v) is 1.72. The molecular weight excluding hydrogens is 230 g/mol. The summed E-state index contributed by atoms with van der Waals surface area (Å²) in [5.41, 5.74) is 0.0422. The van der Waals surface area contributed by atoms with Crippen molar-refractivity contribution in [1.82, 2.24) is 9.78 Å². The smallest absolute Gasteiger partial charge is 0.335 e. The van der Waals surface area contributed by atoms with Crippen LogP contribution in [0.5, 0.6) is 0 Å². The molecule has 6 heteroatoms. The zero-order chi connectivity index (χ0) is 12.8. The molecule has 0 saturated heterocycles. The van der Waals surface area contributed by atoms with Crippen LogP contribution in [0.1, 0.15) is 23.0 Å². The van der Waals surface area contributed by atoms with Crippen LogP contribution < -0.4 is 0 Å². The third kappa shape index (κ3) is 1.86. The molecule has 2 rings (SSSR count). The van der Waals surface area contributed by atoms with Crippen LogP contribution in [0.2, 0.25) is 0 Å². The van der Waals surface area contributed by atoms with Gasteiger partial charge in [-0.15, -0.1) is 0 Å². The molecule has 0 spiro atoms. The summed E-state index contributed by atoms with van der Waals surface area (Å²) >= 11 is 0. The number of carbonyl (C=O) groups is 1. The topological polar surface area (TPSA) is 55.1 Å². The lowest BCUT2D eigenvalue weighted by molar-refractivity contribution is 0.0137. The molecule has 0 aliphatic rings. The second kappa shape index (κ2) is 3.51. The van der Waals surface area contributed by atoms with Crippen LogP contribution in [0.25, 0.3) is 10.9 Å². The predicted octanol–water partition coefficient (Wildman–Crippen LogP) is 2.38. The maximum atomic E-state index is 13.3. The second-order valence-electron chi connectivity index (χ2n) is 3.90. The van der Waals surface area contributed by atoms with Gasteiger partial charge in [-0.2, -0.15) is 13.9 Å². The van der Waals surface area contributed by atoms with E-state index in [0.29, 0.717) is 5.52 Å². The number of carboxylic acids is 1. The van der Waals surface area contributed by atoms with Crippen molar-refractivity contribution in [2.45, 2.75) is 12.8 Å². The highest BCUT2D eigenvalue weighted by atomic mass is 19.3. The van der Waals surface area contributed by atoms with Crippen LogP contribution in [-0.4, -0.2) is 20.9 Å². The number of alkyl halides is 2. The van der Waals surface area contributed by atoms with Gasteiger partial charge < -0.3 is 5.11 Å². The Hall–Kier alpha value is -1.98. The first-order valence-corrected chi connectivity index (χ1v) is 4.89. The average Bonchev–Trinajstić information content (AvgIpc) is 2.55. The zero-order valence-electron chi connectivity index (χ0n) is 9.24. The van der Waals surface area contributed by atoms with Gasteiger partial charge in [0, 0.05) is 19.4 Å². The van der Waals surface area contributed by atoms with Gasteiger partial charge in [0.15, 0.2) is 0 Å². The summed E-state index contributed by atoms with van der Waals surface area (Å²) in [4.78, 5) is 10.8. The van der Waals surface area contributed by atoms with E-state index in [1.807, 2.05) is 0 Å². The molecular formula is C11H10F2N2O2. The maximum Gasteiger partial charge on any atom is 0.335 e. The van der Waals surface area contributed by atoms with Crippen LogP contribution in [0.4, 0.5) is 8.78 Å². The van der Waals surface area contributed by atoms with E-state index in [4.69, 9.17) is 5.11 Å². The Morgan fingerprint density at radius 3 is 2.65 bits per heavy atom. The Morgan fingerprint density at radius 2 is 2.12 bits per heavy atom. The molecule has 1 heterocycles. The second-order valence-corrected chi connectivity index (χ2v) is 3.90. The van der Waals surface area contributed by atoms with Crippen LogP contribution in [-0.2, 0) is 13.0 Å². The lowest BCUT2D eigenvalue weighted by Crippen LogP contribution is -2.09. The standard InChI is InChI=1S/C11H10F2N2O2/c1-11(12,13)9-7-5-6(10(16)17)3-4-8(7)15(2)14-9/h3-5H,1-2H3,(H,16,17). The molecule has 0 bridgehead atoms. The fraction of sp³-hybridized carbons (Fsp3) is 0.273. The minimum atomic E-state index is -3.10. The number of carboxylic acid groups (broad SMARTS) is 1. The third-order valence-electron chi connectivity index (χ3n) is 2.51. The fourth-order valence-electron chi connectivity index (χ4n) is 1.72. The van der Waals surface area contributed by atoms with Crippen molar-refractivity contribution >= 4 is 16.9 Å². The highest BCUT2D eigenvalue weighted by molar-refractivity contribution is 5.94. The summed E-state index contributed by atoms with van der Waals surface area (Å²) in [6.45, 7) is 0.738. The molecule has 1 aromatic heterocycles. The summed E-state index contributed by atoms with van der Waals surface area (Å²) in [7, 11) is 1.54. The molecule has 90 valence electrons. The molecule has 0 fully saturated rings. The summed E-state index contributed by atoms with van der Waals surface area (Å²) in [6.07, 6.45) is 0. The SMILES string of the molecule is Cn1nc(C(C)(F)F)c2cc(C(=O)O)ccc21. The molecule has 1 N–H and O–H groups in total. The number of halogens is 2. The van der Waals surface area contributed by atoms with E-state index in [1.165, 1.54) is 29.9 Å². The van der Waals surface area contributed by atoms with E-state index >= 15 is 0 Å². The molecule has 17 heavy (non-hydrogen) atoms. The lowest BCUT2D eigenvalue weighted by atomic mass is 10.1. The van der Waals surface area contributed by atoms with Crippen molar-refractivity contribution in [3.63, 3.8) is 0 Å². The van der Waals surface area contributed by atoms with Crippen molar-refractivity contribution in [3.8, 4) is 0 Å². The first-order chi connectivity index (χ1) is 7.80. The van der Waals surface area contributed by atoms with Gasteiger partial charge in [0.05, 0.1) is 11.1 Å². The monoisotopic (exact) mass is 240 g/mol. The molecule has 0 amide bonds. The first kappa shape index (κ1) is 11.5. The van der Waals surface area contributed by atoms with Gasteiger partial charge in [-0.25, -0.2) is 4.79 Å². The van der Waals surface area contributed by atoms with Crippen molar-refractivity contribution in [2.75, 3.05) is 0 Å². The number of aromatic carboxylic acids is 1. The molecule has 2 aromatic rings. The van der Waals surface area contributed by atoms with E-state index in [9.17, 15) is 13.6 Å². The minimum absolute atomic E-state index is 0.0315. The van der Waals surface area contributed by atoms with E-state index < -0.39 is 17.6 Å². The van der Waals surface area contributed by atoms with Gasteiger partial charge in [0.2, 0.25) is 0 Å². The van der Waals surface area contributed by atoms with Crippen molar-refractivity contribution in [1.29, 1.82) is 0 Å². The molecule has 1 aromatic carbocycles. The Bertz CT molecular complexity index is 599. The van der Waals surface area contributed by atoms with Crippen molar-refractivity contribution in [2.24, 2.45) is 7.05 Å². The number of fused-ring (bicyclic) bond motifs is 1. The Balaban J connectivity index is 2.78. The quantitative estimate of drug-likeness (QED) is 0.876. The summed E-state index contributed by atoms with van der Waals surface area (Å²) in [5.74, 6) is -4.25. The maximum absolute atomic E-state index is 13.3. The van der Waals surface area contributed by atoms with E-state index in [1.54, 1.807) is 0 Å². The van der Waals surface area contributed by atoms with Gasteiger partial charge in [0.1, 0.15) is 5.69 Å². The lowest BCUT2D eigenvalue weighted by Gasteiger charge is -2.06. The molecule has 0 atom stereocenters. The Kier molecular flexibility index (Phi) is 2.38. The summed E-state index contributed by atoms with van der Waals surface area (Å²) in [6, 6.07) is 4.06. The van der Waals surface area contributed by atoms with E-state index in [2.05, 4.69) is 5.10 Å². The van der Waals surface area contributed by atoms with E-state index in [0.717, 1.165) is 6.92 Å². The summed E-state index contributed by atoms with van der Waals surface area (Å²) in [5, 5.41) is 12.7. The van der Waals surface area contributed by atoms with Gasteiger partial charge in [-0.3, -0.25) is 4.68 Å². The normalized spacial score (nSPS) is 12.0. The van der Waals surface area contributed by atoms with Gasteiger partial charge in [-0.1, -0.05) is 0 Å². The molecule has 0 unspecified atom stereocenters. The van der Waals surface area contributed by atoms with Crippen LogP contribution in [0, 0.1) is 0 Å². The molecule has 0 aliphatic heterocycles. The predicted molar refractivity (Wildman–Crippen MR) is 57.2 cm³/mol. The first-order valence-electron chi connectivity index (χ1n) is 4.89. The number of hydrogen-bond donors (Lipinski definition) is 1. The highest BCUT2D eigenvalue weighted by Gasteiger charge is 2.31. The van der Waals surface area contributed by atoms with Crippen molar-refractivity contribution in [3.05, 3.63) is 29.5 Å². The number of aromatic nitrogens is 2. The average molecular weight is 240 g/mol. The third-order valence-corrected chi connectivity index (χ3v) is 2.51. The van der Waals surface area contributed by atoms with Gasteiger partial charge in [0.25, 0.3) is 5.92 Å². The van der Waals surface area contributed by atoms with E-state index in [-0.39, 0.29) is 10.9 Å².